The van der Waals surface area contributed by atoms with E-state index in [1.54, 1.807) is 6.07 Å². The lowest BCUT2D eigenvalue weighted by molar-refractivity contribution is 0.306. The van der Waals surface area contributed by atoms with Crippen molar-refractivity contribution in [2.75, 3.05) is 5.32 Å². The minimum absolute atomic E-state index is 0.119. The molecule has 1 N–H and O–H groups in total. The molecule has 1 aromatic heterocycles. The van der Waals surface area contributed by atoms with Gasteiger partial charge in [0.1, 0.15) is 24.7 Å². The van der Waals surface area contributed by atoms with Crippen LogP contribution in [0.4, 0.5) is 5.95 Å². The lowest BCUT2D eigenvalue weighted by Gasteiger charge is -2.24. The van der Waals surface area contributed by atoms with E-state index in [-0.39, 0.29) is 6.04 Å². The first-order valence-corrected chi connectivity index (χ1v) is 10.5. The number of hydrogen-bond donors (Lipinski definition) is 1. The van der Waals surface area contributed by atoms with Gasteiger partial charge in [-0.1, -0.05) is 71.7 Å². The molecule has 4 aromatic rings. The molecule has 3 aromatic carbocycles. The number of hydrogen-bond acceptors (Lipinski definition) is 4. The Morgan fingerprint density at radius 3 is 2.52 bits per heavy atom. The highest BCUT2D eigenvalue weighted by Crippen LogP contribution is 2.34. The summed E-state index contributed by atoms with van der Waals surface area (Å²) >= 11 is 12.3. The van der Waals surface area contributed by atoms with Crippen LogP contribution >= 0.6 is 23.2 Å². The van der Waals surface area contributed by atoms with Crippen molar-refractivity contribution in [3.05, 3.63) is 112 Å². The highest BCUT2D eigenvalue weighted by molar-refractivity contribution is 6.42. The van der Waals surface area contributed by atoms with Gasteiger partial charge in [0.2, 0.25) is 5.95 Å². The lowest BCUT2D eigenvalue weighted by Crippen LogP contribution is -2.20. The summed E-state index contributed by atoms with van der Waals surface area (Å²) in [5.41, 5.74) is 4.02. The van der Waals surface area contributed by atoms with Crippen molar-refractivity contribution < 1.29 is 4.74 Å². The Balaban J connectivity index is 1.41. The highest BCUT2D eigenvalue weighted by Gasteiger charge is 2.23. The Morgan fingerprint density at radius 2 is 1.74 bits per heavy atom. The van der Waals surface area contributed by atoms with Crippen molar-refractivity contribution in [1.82, 2.24) is 14.8 Å². The summed E-state index contributed by atoms with van der Waals surface area (Å²) in [5.74, 6) is 1.48. The monoisotopic (exact) mass is 448 g/mol. The molecule has 5 rings (SSSR count). The molecule has 0 fully saturated rings. The van der Waals surface area contributed by atoms with Crippen molar-refractivity contribution in [1.29, 1.82) is 0 Å². The SMILES string of the molecule is Clc1ccc(C2=C[C@@H](c3ccc(OCc4ccccc4)cc3)n3ncnc3N2)cc1Cl. The van der Waals surface area contributed by atoms with Gasteiger partial charge in [0, 0.05) is 5.70 Å². The number of ether oxygens (including phenoxy) is 1. The largest absolute Gasteiger partial charge is 0.489 e. The Morgan fingerprint density at radius 1 is 0.935 bits per heavy atom. The van der Waals surface area contributed by atoms with Crippen LogP contribution in [0.1, 0.15) is 22.7 Å². The number of rotatable bonds is 5. The second-order valence-electron chi connectivity index (χ2n) is 7.15. The maximum absolute atomic E-state index is 6.22. The van der Waals surface area contributed by atoms with Gasteiger partial charge in [-0.05, 0) is 47.0 Å². The number of nitrogens with one attached hydrogen (secondary N) is 1. The summed E-state index contributed by atoms with van der Waals surface area (Å²) in [5, 5.41) is 8.73. The number of halogens is 2. The first-order chi connectivity index (χ1) is 15.2. The fraction of sp³-hybridized carbons (Fsp3) is 0.0833. The van der Waals surface area contributed by atoms with Crippen LogP contribution in [0, 0.1) is 0 Å². The van der Waals surface area contributed by atoms with Gasteiger partial charge in [0.15, 0.2) is 0 Å². The van der Waals surface area contributed by atoms with Gasteiger partial charge in [-0.3, -0.25) is 0 Å². The van der Waals surface area contributed by atoms with E-state index in [0.717, 1.165) is 28.1 Å². The minimum atomic E-state index is -0.119. The van der Waals surface area contributed by atoms with E-state index in [1.807, 2.05) is 71.4 Å². The van der Waals surface area contributed by atoms with Gasteiger partial charge < -0.3 is 10.1 Å². The maximum Gasteiger partial charge on any atom is 0.226 e. The van der Waals surface area contributed by atoms with Crippen LogP contribution in [-0.4, -0.2) is 14.8 Å². The molecule has 0 saturated carbocycles. The number of nitrogens with zero attached hydrogens (tertiary/aromatic N) is 3. The normalized spacial score (nSPS) is 15.0. The Labute approximate surface area is 189 Å². The van der Waals surface area contributed by atoms with E-state index >= 15 is 0 Å². The summed E-state index contributed by atoms with van der Waals surface area (Å²) in [6.45, 7) is 0.530. The molecule has 5 nitrogen and oxygen atoms in total. The molecule has 1 aliphatic heterocycles. The minimum Gasteiger partial charge on any atom is -0.489 e. The molecule has 1 atom stereocenters. The third-order valence-corrected chi connectivity index (χ3v) is 5.85. The predicted molar refractivity (Wildman–Crippen MR) is 123 cm³/mol. The molecular formula is C24H18Cl2N4O. The predicted octanol–water partition coefficient (Wildman–Crippen LogP) is 6.22. The zero-order chi connectivity index (χ0) is 21.2. The standard InChI is InChI=1S/C24H18Cl2N4O/c25-20-11-8-18(12-21(20)26)22-13-23(30-24(29-22)27-15-28-30)17-6-9-19(10-7-17)31-14-16-4-2-1-3-5-16/h1-13,15,23H,14H2,(H,27,28,29)/t23-/m0/s1. The van der Waals surface area contributed by atoms with Gasteiger partial charge in [-0.2, -0.15) is 10.1 Å². The molecule has 0 aliphatic carbocycles. The number of aromatic nitrogens is 3. The van der Waals surface area contributed by atoms with Gasteiger partial charge in [0.25, 0.3) is 0 Å². The summed E-state index contributed by atoms with van der Waals surface area (Å²) < 4.78 is 7.76. The third-order valence-electron chi connectivity index (χ3n) is 5.11. The quantitative estimate of drug-likeness (QED) is 0.393. The van der Waals surface area contributed by atoms with Crippen LogP contribution in [0.25, 0.3) is 5.70 Å². The Kier molecular flexibility index (Phi) is 5.37. The number of allylic oxidation sites excluding steroid dienone is 1. The second kappa shape index (κ2) is 8.46. The average molecular weight is 449 g/mol. The summed E-state index contributed by atoms with van der Waals surface area (Å²) in [7, 11) is 0. The van der Waals surface area contributed by atoms with Gasteiger partial charge >= 0.3 is 0 Å². The highest BCUT2D eigenvalue weighted by atomic mass is 35.5. The van der Waals surface area contributed by atoms with Crippen LogP contribution in [0.3, 0.4) is 0 Å². The Hall–Kier alpha value is -3.28. The molecule has 154 valence electrons. The number of anilines is 1. The van der Waals surface area contributed by atoms with Gasteiger partial charge in [-0.25, -0.2) is 4.68 Å². The smallest absolute Gasteiger partial charge is 0.226 e. The zero-order valence-corrected chi connectivity index (χ0v) is 17.9. The van der Waals surface area contributed by atoms with Gasteiger partial charge in [-0.15, -0.1) is 0 Å². The molecule has 0 bridgehead atoms. The van der Waals surface area contributed by atoms with E-state index in [9.17, 15) is 0 Å². The second-order valence-corrected chi connectivity index (χ2v) is 7.96. The van der Waals surface area contributed by atoms with Crippen molar-refractivity contribution in [2.45, 2.75) is 12.6 Å². The fourth-order valence-electron chi connectivity index (χ4n) is 3.51. The molecule has 31 heavy (non-hydrogen) atoms. The molecule has 0 spiro atoms. The summed E-state index contributed by atoms with van der Waals surface area (Å²) in [4.78, 5) is 4.34. The molecule has 0 saturated heterocycles. The van der Waals surface area contributed by atoms with Crippen LogP contribution in [0.5, 0.6) is 5.75 Å². The molecule has 0 unspecified atom stereocenters. The lowest BCUT2D eigenvalue weighted by atomic mass is 10.0. The first kappa shape index (κ1) is 19.7. The van der Waals surface area contributed by atoms with Crippen molar-refractivity contribution in [2.24, 2.45) is 0 Å². The zero-order valence-electron chi connectivity index (χ0n) is 16.4. The Bertz CT molecular complexity index is 1240. The topological polar surface area (TPSA) is 52.0 Å². The van der Waals surface area contributed by atoms with E-state index < -0.39 is 0 Å². The van der Waals surface area contributed by atoms with Crippen molar-refractivity contribution in [3.63, 3.8) is 0 Å². The van der Waals surface area contributed by atoms with Crippen LogP contribution in [-0.2, 0) is 6.61 Å². The maximum atomic E-state index is 6.22. The van der Waals surface area contributed by atoms with Gasteiger partial charge in [0.05, 0.1) is 10.0 Å². The van der Waals surface area contributed by atoms with Crippen LogP contribution < -0.4 is 10.1 Å². The molecular weight excluding hydrogens is 431 g/mol. The third kappa shape index (κ3) is 4.15. The first-order valence-electron chi connectivity index (χ1n) is 9.78. The van der Waals surface area contributed by atoms with Crippen molar-refractivity contribution in [3.8, 4) is 5.75 Å². The number of fused-ring (bicyclic) bond motifs is 1. The molecule has 0 amide bonds. The molecule has 1 aliphatic rings. The number of benzene rings is 3. The average Bonchev–Trinajstić information content (AvgIpc) is 3.29. The molecule has 0 radical (unpaired) electrons. The molecule has 7 heteroatoms. The van der Waals surface area contributed by atoms with E-state index in [0.29, 0.717) is 22.6 Å². The van der Waals surface area contributed by atoms with Crippen LogP contribution in [0.15, 0.2) is 85.2 Å². The van der Waals surface area contributed by atoms with E-state index in [1.165, 1.54) is 6.33 Å². The van der Waals surface area contributed by atoms with Crippen molar-refractivity contribution >= 4 is 34.8 Å². The summed E-state index contributed by atoms with van der Waals surface area (Å²) in [6.07, 6.45) is 3.64. The van der Waals surface area contributed by atoms with E-state index in [4.69, 9.17) is 27.9 Å². The summed E-state index contributed by atoms with van der Waals surface area (Å²) in [6, 6.07) is 23.6. The molecule has 2 heterocycles. The fourth-order valence-corrected chi connectivity index (χ4v) is 3.80. The van der Waals surface area contributed by atoms with Crippen LogP contribution in [0.2, 0.25) is 10.0 Å². The van der Waals surface area contributed by atoms with E-state index in [2.05, 4.69) is 21.5 Å².